The molecule has 0 atom stereocenters. The molecule has 0 saturated heterocycles. The Hall–Kier alpha value is -2.30. The van der Waals surface area contributed by atoms with Gasteiger partial charge in [0.2, 0.25) is 0 Å². The van der Waals surface area contributed by atoms with Gasteiger partial charge in [-0.25, -0.2) is 4.98 Å². The van der Waals surface area contributed by atoms with Gasteiger partial charge >= 0.3 is 0 Å². The molecule has 2 aromatic rings. The SMILES string of the molecule is CN(C)C(=NCCNc1ccc2ccccc2n1)N(C)C. The summed E-state index contributed by atoms with van der Waals surface area (Å²) in [6, 6.07) is 12.2. The maximum atomic E-state index is 4.58. The average Bonchev–Trinajstić information content (AvgIpc) is 2.46. The van der Waals surface area contributed by atoms with Crippen LogP contribution in [0.4, 0.5) is 5.82 Å². The molecule has 1 N–H and O–H groups in total. The quantitative estimate of drug-likeness (QED) is 0.531. The van der Waals surface area contributed by atoms with Crippen LogP contribution in [-0.2, 0) is 0 Å². The van der Waals surface area contributed by atoms with Crippen molar-refractivity contribution in [2.24, 2.45) is 4.99 Å². The minimum Gasteiger partial charge on any atom is -0.368 e. The van der Waals surface area contributed by atoms with Crippen LogP contribution in [0.5, 0.6) is 0 Å². The van der Waals surface area contributed by atoms with Crippen LogP contribution in [-0.4, -0.2) is 62.0 Å². The topological polar surface area (TPSA) is 43.8 Å². The highest BCUT2D eigenvalue weighted by atomic mass is 15.3. The summed E-state index contributed by atoms with van der Waals surface area (Å²) in [6.07, 6.45) is 0. The van der Waals surface area contributed by atoms with Gasteiger partial charge in [-0.15, -0.1) is 0 Å². The molecule has 0 spiro atoms. The van der Waals surface area contributed by atoms with E-state index in [0.717, 1.165) is 29.2 Å². The van der Waals surface area contributed by atoms with Gasteiger partial charge in [0.1, 0.15) is 5.82 Å². The molecule has 0 bridgehead atoms. The number of rotatable bonds is 4. The van der Waals surface area contributed by atoms with Crippen molar-refractivity contribution >= 4 is 22.7 Å². The number of pyridine rings is 1. The Labute approximate surface area is 126 Å². The number of guanidine groups is 1. The van der Waals surface area contributed by atoms with Gasteiger partial charge in [0.05, 0.1) is 12.1 Å². The number of nitrogens with one attached hydrogen (secondary N) is 1. The molecule has 112 valence electrons. The van der Waals surface area contributed by atoms with E-state index in [9.17, 15) is 0 Å². The van der Waals surface area contributed by atoms with Crippen LogP contribution in [0.1, 0.15) is 0 Å². The third kappa shape index (κ3) is 4.08. The summed E-state index contributed by atoms with van der Waals surface area (Å²) in [6.45, 7) is 1.47. The van der Waals surface area contributed by atoms with E-state index in [1.54, 1.807) is 0 Å². The number of aliphatic imine (C=N–C) groups is 1. The minimum atomic E-state index is 0.709. The monoisotopic (exact) mass is 285 g/mol. The summed E-state index contributed by atoms with van der Waals surface area (Å²) in [5.74, 6) is 1.85. The van der Waals surface area contributed by atoms with Gasteiger partial charge in [-0.3, -0.25) is 4.99 Å². The van der Waals surface area contributed by atoms with Gasteiger partial charge in [-0.1, -0.05) is 18.2 Å². The third-order valence-electron chi connectivity index (χ3n) is 3.07. The van der Waals surface area contributed by atoms with Crippen LogP contribution in [0.25, 0.3) is 10.9 Å². The molecule has 5 heteroatoms. The van der Waals surface area contributed by atoms with Crippen LogP contribution in [0.3, 0.4) is 0 Å². The van der Waals surface area contributed by atoms with Crippen LogP contribution in [0, 0.1) is 0 Å². The first-order valence-electron chi connectivity index (χ1n) is 7.06. The van der Waals surface area contributed by atoms with Crippen molar-refractivity contribution in [2.75, 3.05) is 46.6 Å². The van der Waals surface area contributed by atoms with Gasteiger partial charge in [0, 0.05) is 40.1 Å². The molecule has 0 unspecified atom stereocenters. The minimum absolute atomic E-state index is 0.709. The van der Waals surface area contributed by atoms with Crippen LogP contribution in [0.15, 0.2) is 41.4 Å². The second kappa shape index (κ2) is 6.92. The fourth-order valence-electron chi connectivity index (χ4n) is 2.19. The first-order valence-corrected chi connectivity index (χ1v) is 7.06. The number of anilines is 1. The summed E-state index contributed by atoms with van der Waals surface area (Å²) in [4.78, 5) is 13.2. The lowest BCUT2D eigenvalue weighted by atomic mass is 10.2. The number of hydrogen-bond acceptors (Lipinski definition) is 3. The van der Waals surface area contributed by atoms with Crippen LogP contribution in [0.2, 0.25) is 0 Å². The molecule has 0 fully saturated rings. The Bertz CT molecular complexity index is 609. The van der Waals surface area contributed by atoms with Gasteiger partial charge < -0.3 is 15.1 Å². The van der Waals surface area contributed by atoms with E-state index in [1.165, 1.54) is 0 Å². The first-order chi connectivity index (χ1) is 10.1. The third-order valence-corrected chi connectivity index (χ3v) is 3.07. The molecule has 2 rings (SSSR count). The van der Waals surface area contributed by atoms with E-state index in [2.05, 4.69) is 27.4 Å². The normalized spacial score (nSPS) is 10.3. The molecule has 1 heterocycles. The molecule has 1 aromatic heterocycles. The molecule has 0 aliphatic rings. The average molecular weight is 285 g/mol. The molecule has 0 saturated carbocycles. The molecule has 21 heavy (non-hydrogen) atoms. The zero-order chi connectivity index (χ0) is 15.2. The van der Waals surface area contributed by atoms with E-state index in [1.807, 2.05) is 62.3 Å². The highest BCUT2D eigenvalue weighted by Crippen LogP contribution is 2.14. The Balaban J connectivity index is 1.94. The smallest absolute Gasteiger partial charge is 0.195 e. The standard InChI is InChI=1S/C16H23N5/c1-20(2)16(21(3)4)18-12-11-17-15-10-9-13-7-5-6-8-14(13)19-15/h5-10H,11-12H2,1-4H3,(H,17,19). The van der Waals surface area contributed by atoms with E-state index in [4.69, 9.17) is 0 Å². The van der Waals surface area contributed by atoms with E-state index < -0.39 is 0 Å². The molecule has 1 aromatic carbocycles. The number of hydrogen-bond donors (Lipinski definition) is 1. The largest absolute Gasteiger partial charge is 0.368 e. The Morgan fingerprint density at radius 3 is 2.48 bits per heavy atom. The summed E-state index contributed by atoms with van der Waals surface area (Å²) in [7, 11) is 7.99. The van der Waals surface area contributed by atoms with Gasteiger partial charge in [0.25, 0.3) is 0 Å². The molecule has 0 amide bonds. The molecular weight excluding hydrogens is 262 g/mol. The van der Waals surface area contributed by atoms with Crippen molar-refractivity contribution in [2.45, 2.75) is 0 Å². The van der Waals surface area contributed by atoms with Gasteiger partial charge in [-0.2, -0.15) is 0 Å². The van der Waals surface area contributed by atoms with Gasteiger partial charge in [0.15, 0.2) is 5.96 Å². The van der Waals surface area contributed by atoms with Crippen molar-refractivity contribution in [1.82, 2.24) is 14.8 Å². The zero-order valence-electron chi connectivity index (χ0n) is 13.2. The maximum Gasteiger partial charge on any atom is 0.195 e. The van der Waals surface area contributed by atoms with Crippen LogP contribution >= 0.6 is 0 Å². The lowest BCUT2D eigenvalue weighted by Crippen LogP contribution is -2.35. The lowest BCUT2D eigenvalue weighted by Gasteiger charge is -2.22. The predicted octanol–water partition coefficient (Wildman–Crippen LogP) is 2.13. The Kier molecular flexibility index (Phi) is 4.98. The molecule has 0 aliphatic heterocycles. The summed E-state index contributed by atoms with van der Waals surface area (Å²) < 4.78 is 0. The number of aromatic nitrogens is 1. The second-order valence-corrected chi connectivity index (χ2v) is 5.29. The fourth-order valence-corrected chi connectivity index (χ4v) is 2.19. The number of para-hydroxylation sites is 1. The van der Waals surface area contributed by atoms with Crippen molar-refractivity contribution in [3.8, 4) is 0 Å². The maximum absolute atomic E-state index is 4.58. The first kappa shape index (κ1) is 15.1. The summed E-state index contributed by atoms with van der Waals surface area (Å²) in [5.41, 5.74) is 1.01. The summed E-state index contributed by atoms with van der Waals surface area (Å²) in [5, 5.41) is 4.47. The van der Waals surface area contributed by atoms with Crippen LogP contribution < -0.4 is 5.32 Å². The number of fused-ring (bicyclic) bond motifs is 1. The van der Waals surface area contributed by atoms with Crippen molar-refractivity contribution in [1.29, 1.82) is 0 Å². The Morgan fingerprint density at radius 2 is 1.76 bits per heavy atom. The number of nitrogens with zero attached hydrogens (tertiary/aromatic N) is 4. The Morgan fingerprint density at radius 1 is 1.05 bits per heavy atom. The second-order valence-electron chi connectivity index (χ2n) is 5.29. The zero-order valence-corrected chi connectivity index (χ0v) is 13.2. The van der Waals surface area contributed by atoms with E-state index in [0.29, 0.717) is 6.54 Å². The van der Waals surface area contributed by atoms with Crippen molar-refractivity contribution in [3.63, 3.8) is 0 Å². The van der Waals surface area contributed by atoms with Crippen molar-refractivity contribution in [3.05, 3.63) is 36.4 Å². The molecule has 5 nitrogen and oxygen atoms in total. The van der Waals surface area contributed by atoms with E-state index >= 15 is 0 Å². The fraction of sp³-hybridized carbons (Fsp3) is 0.375. The highest BCUT2D eigenvalue weighted by Gasteiger charge is 2.03. The molecular formula is C16H23N5. The number of benzene rings is 1. The van der Waals surface area contributed by atoms with E-state index in [-0.39, 0.29) is 0 Å². The predicted molar refractivity (Wildman–Crippen MR) is 89.9 cm³/mol. The lowest BCUT2D eigenvalue weighted by molar-refractivity contribution is 0.480. The summed E-state index contributed by atoms with van der Waals surface area (Å²) >= 11 is 0. The molecule has 0 radical (unpaired) electrons. The molecule has 0 aliphatic carbocycles. The van der Waals surface area contributed by atoms with Crippen molar-refractivity contribution < 1.29 is 0 Å². The highest BCUT2D eigenvalue weighted by molar-refractivity contribution is 5.80. The van der Waals surface area contributed by atoms with Gasteiger partial charge in [-0.05, 0) is 18.2 Å².